The van der Waals surface area contributed by atoms with Gasteiger partial charge >= 0.3 is 5.97 Å². The van der Waals surface area contributed by atoms with Crippen molar-refractivity contribution in [2.75, 3.05) is 36.4 Å². The van der Waals surface area contributed by atoms with Crippen LogP contribution in [0.4, 0.5) is 11.4 Å². The first-order valence-electron chi connectivity index (χ1n) is 11.7. The van der Waals surface area contributed by atoms with Crippen molar-refractivity contribution in [1.29, 1.82) is 0 Å². The van der Waals surface area contributed by atoms with Gasteiger partial charge in [0.25, 0.3) is 0 Å². The maximum absolute atomic E-state index is 12.5. The summed E-state index contributed by atoms with van der Waals surface area (Å²) < 4.78 is 0. The van der Waals surface area contributed by atoms with Crippen LogP contribution in [0.15, 0.2) is 42.5 Å². The summed E-state index contributed by atoms with van der Waals surface area (Å²) in [5, 5.41) is 12.5. The monoisotopic (exact) mass is 435 g/mol. The molecule has 2 N–H and O–H groups in total. The van der Waals surface area contributed by atoms with Gasteiger partial charge in [0.05, 0.1) is 17.7 Å². The highest BCUT2D eigenvalue weighted by molar-refractivity contribution is 6.01. The first-order valence-corrected chi connectivity index (χ1v) is 11.7. The molecule has 0 aromatic heterocycles. The molecule has 32 heavy (non-hydrogen) atoms. The number of hydrogen-bond donors (Lipinski definition) is 2. The van der Waals surface area contributed by atoms with E-state index in [1.54, 1.807) is 12.1 Å². The summed E-state index contributed by atoms with van der Waals surface area (Å²) in [6.07, 6.45) is 6.39. The Hall–Kier alpha value is -2.86. The third-order valence-electron chi connectivity index (χ3n) is 6.73. The molecule has 0 radical (unpaired) electrons. The zero-order chi connectivity index (χ0) is 22.5. The number of carbonyl (C=O) groups is 2. The lowest BCUT2D eigenvalue weighted by Gasteiger charge is -2.41. The summed E-state index contributed by atoms with van der Waals surface area (Å²) in [7, 11) is 0. The second kappa shape index (κ2) is 10.2. The summed E-state index contributed by atoms with van der Waals surface area (Å²) in [5.74, 6) is -1.24. The number of anilines is 2. The van der Waals surface area contributed by atoms with Gasteiger partial charge in [-0.1, -0.05) is 36.2 Å². The molecule has 2 saturated heterocycles. The van der Waals surface area contributed by atoms with E-state index in [9.17, 15) is 14.7 Å². The first-order chi connectivity index (χ1) is 15.5. The molecule has 2 heterocycles. The molecule has 6 nitrogen and oxygen atoms in total. The molecule has 2 aromatic carbocycles. The number of likely N-dealkylation sites (tertiary alicyclic amines) is 1. The lowest BCUT2D eigenvalue weighted by molar-refractivity contribution is -0.115. The Morgan fingerprint density at radius 3 is 2.31 bits per heavy atom. The summed E-state index contributed by atoms with van der Waals surface area (Å²) in [6, 6.07) is 13.8. The summed E-state index contributed by atoms with van der Waals surface area (Å²) in [4.78, 5) is 29.3. The third-order valence-corrected chi connectivity index (χ3v) is 6.73. The van der Waals surface area contributed by atoms with Crippen molar-refractivity contribution in [2.24, 2.45) is 0 Å². The number of carboxylic acid groups (broad SMARTS) is 1. The molecule has 2 fully saturated rings. The molecule has 6 heteroatoms. The smallest absolute Gasteiger partial charge is 0.337 e. The van der Waals surface area contributed by atoms with E-state index in [-0.39, 0.29) is 17.9 Å². The Morgan fingerprint density at radius 1 is 0.969 bits per heavy atom. The van der Waals surface area contributed by atoms with E-state index < -0.39 is 5.97 Å². The average Bonchev–Trinajstić information content (AvgIpc) is 2.81. The van der Waals surface area contributed by atoms with E-state index in [0.717, 1.165) is 42.7 Å². The molecule has 2 aliphatic rings. The van der Waals surface area contributed by atoms with Gasteiger partial charge in [-0.25, -0.2) is 4.79 Å². The molecule has 0 aliphatic carbocycles. The maximum atomic E-state index is 12.5. The van der Waals surface area contributed by atoms with E-state index in [1.807, 2.05) is 37.3 Å². The van der Waals surface area contributed by atoms with Crippen molar-refractivity contribution >= 4 is 23.3 Å². The predicted molar refractivity (Wildman–Crippen MR) is 128 cm³/mol. The minimum Gasteiger partial charge on any atom is -0.478 e. The van der Waals surface area contributed by atoms with E-state index in [0.29, 0.717) is 11.7 Å². The predicted octanol–water partition coefficient (Wildman–Crippen LogP) is 4.33. The van der Waals surface area contributed by atoms with Crippen LogP contribution in [0, 0.1) is 6.92 Å². The number of nitrogens with zero attached hydrogens (tertiary/aromatic N) is 2. The second-order valence-electron chi connectivity index (χ2n) is 9.06. The van der Waals surface area contributed by atoms with Crippen molar-refractivity contribution in [2.45, 2.75) is 51.5 Å². The van der Waals surface area contributed by atoms with E-state index >= 15 is 0 Å². The largest absolute Gasteiger partial charge is 0.478 e. The van der Waals surface area contributed by atoms with Gasteiger partial charge < -0.3 is 20.2 Å². The van der Waals surface area contributed by atoms with Crippen molar-refractivity contribution in [1.82, 2.24) is 4.90 Å². The zero-order valence-electron chi connectivity index (χ0n) is 18.8. The van der Waals surface area contributed by atoms with Crippen molar-refractivity contribution in [3.8, 4) is 0 Å². The minimum absolute atomic E-state index is 0.137. The van der Waals surface area contributed by atoms with Gasteiger partial charge in [0.1, 0.15) is 0 Å². The van der Waals surface area contributed by atoms with Crippen LogP contribution in [0.3, 0.4) is 0 Å². The molecular formula is C26H33N3O3. The molecular weight excluding hydrogens is 402 g/mol. The zero-order valence-corrected chi connectivity index (χ0v) is 18.8. The number of hydrogen-bond acceptors (Lipinski definition) is 4. The van der Waals surface area contributed by atoms with Crippen LogP contribution >= 0.6 is 0 Å². The van der Waals surface area contributed by atoms with E-state index in [4.69, 9.17) is 0 Å². The number of nitrogens with one attached hydrogen (secondary N) is 1. The molecule has 4 rings (SSSR count). The van der Waals surface area contributed by atoms with Gasteiger partial charge in [0.15, 0.2) is 0 Å². The minimum atomic E-state index is -1.03. The highest BCUT2D eigenvalue weighted by atomic mass is 16.4. The van der Waals surface area contributed by atoms with Crippen LogP contribution in [-0.4, -0.2) is 54.1 Å². The van der Waals surface area contributed by atoms with Crippen molar-refractivity contribution in [3.05, 3.63) is 59.2 Å². The van der Waals surface area contributed by atoms with Crippen LogP contribution in [0.25, 0.3) is 0 Å². The molecule has 2 aliphatic heterocycles. The van der Waals surface area contributed by atoms with Gasteiger partial charge in [0.2, 0.25) is 5.91 Å². The van der Waals surface area contributed by atoms with Gasteiger partial charge in [-0.2, -0.15) is 0 Å². The van der Waals surface area contributed by atoms with E-state index in [2.05, 4.69) is 15.1 Å². The summed E-state index contributed by atoms with van der Waals surface area (Å²) >= 11 is 0. The van der Waals surface area contributed by atoms with Crippen molar-refractivity contribution in [3.63, 3.8) is 0 Å². The van der Waals surface area contributed by atoms with Gasteiger partial charge in [-0.15, -0.1) is 0 Å². The number of piperidine rings is 2. The fourth-order valence-electron chi connectivity index (χ4n) is 4.87. The van der Waals surface area contributed by atoms with Gasteiger partial charge in [0, 0.05) is 24.8 Å². The van der Waals surface area contributed by atoms with Gasteiger partial charge in [-0.3, -0.25) is 4.79 Å². The van der Waals surface area contributed by atoms with E-state index in [1.165, 1.54) is 32.4 Å². The normalized spacial score (nSPS) is 17.8. The number of aromatic carboxylic acids is 1. The lowest BCUT2D eigenvalue weighted by atomic mass is 9.99. The highest BCUT2D eigenvalue weighted by Crippen LogP contribution is 2.28. The number of carbonyl (C=O) groups excluding carboxylic acids is 1. The molecule has 0 spiro atoms. The van der Waals surface area contributed by atoms with Crippen molar-refractivity contribution < 1.29 is 14.7 Å². The number of aryl methyl sites for hydroxylation is 1. The molecule has 170 valence electrons. The second-order valence-corrected chi connectivity index (χ2v) is 9.06. The van der Waals surface area contributed by atoms with Gasteiger partial charge in [-0.05, 0) is 69.5 Å². The van der Waals surface area contributed by atoms with Crippen LogP contribution in [0.2, 0.25) is 0 Å². The quantitative estimate of drug-likeness (QED) is 0.707. The van der Waals surface area contributed by atoms with Crippen LogP contribution in [0.5, 0.6) is 0 Å². The Balaban J connectivity index is 1.40. The molecule has 0 bridgehead atoms. The fourth-order valence-corrected chi connectivity index (χ4v) is 4.87. The molecule has 1 amide bonds. The standard InChI is InChI=1S/C26H33N3O3/c1-19-5-7-20(8-6-19)17-25(30)27-24-10-9-22(18-23(24)26(31)32)29-15-11-21(12-16-29)28-13-3-2-4-14-28/h5-10,18,21H,2-4,11-17H2,1H3,(H,27,30)(H,31,32). The number of carboxylic acids is 1. The molecule has 0 saturated carbocycles. The molecule has 0 unspecified atom stereocenters. The Labute approximate surface area is 190 Å². The Bertz CT molecular complexity index is 943. The Kier molecular flexibility index (Phi) is 7.10. The summed E-state index contributed by atoms with van der Waals surface area (Å²) in [5.41, 5.74) is 3.44. The average molecular weight is 436 g/mol. The maximum Gasteiger partial charge on any atom is 0.337 e. The summed E-state index contributed by atoms with van der Waals surface area (Å²) in [6.45, 7) is 6.29. The van der Waals surface area contributed by atoms with Crippen LogP contribution < -0.4 is 10.2 Å². The number of benzene rings is 2. The fraction of sp³-hybridized carbons (Fsp3) is 0.462. The lowest BCUT2D eigenvalue weighted by Crippen LogP contribution is -2.46. The molecule has 0 atom stereocenters. The number of rotatable bonds is 6. The molecule has 2 aromatic rings. The topological polar surface area (TPSA) is 72.9 Å². The van der Waals surface area contributed by atoms with Crippen LogP contribution in [-0.2, 0) is 11.2 Å². The number of amides is 1. The first kappa shape index (κ1) is 22.3. The third kappa shape index (κ3) is 5.49. The highest BCUT2D eigenvalue weighted by Gasteiger charge is 2.26. The Morgan fingerprint density at radius 2 is 1.66 bits per heavy atom. The SMILES string of the molecule is Cc1ccc(CC(=O)Nc2ccc(N3CCC(N4CCCCC4)CC3)cc2C(=O)O)cc1. The van der Waals surface area contributed by atoms with Crippen LogP contribution in [0.1, 0.15) is 53.6 Å².